The molecule has 1 N–H and O–H groups in total. The highest BCUT2D eigenvalue weighted by Gasteiger charge is 2.17. The van der Waals surface area contributed by atoms with E-state index in [0.717, 1.165) is 0 Å². The van der Waals surface area contributed by atoms with Crippen LogP contribution in [0, 0.1) is 22.7 Å². The summed E-state index contributed by atoms with van der Waals surface area (Å²) in [4.78, 5) is 7.91. The van der Waals surface area contributed by atoms with Crippen LogP contribution in [-0.2, 0) is 0 Å². The van der Waals surface area contributed by atoms with Crippen molar-refractivity contribution in [3.05, 3.63) is 5.70 Å². The highest BCUT2D eigenvalue weighted by atomic mass is 15.0. The molecule has 0 saturated heterocycles. The Kier molecular flexibility index (Phi) is 2.18. The summed E-state index contributed by atoms with van der Waals surface area (Å²) in [7, 11) is 0. The SMILES string of the molecule is CC(C)C1=NC(=C=N)C(C#N)=N1. The van der Waals surface area contributed by atoms with E-state index in [-0.39, 0.29) is 17.3 Å². The Balaban J connectivity index is 3.09. The Hall–Kier alpha value is -1.72. The van der Waals surface area contributed by atoms with E-state index in [1.165, 1.54) is 0 Å². The van der Waals surface area contributed by atoms with Gasteiger partial charge in [0.05, 0.1) is 0 Å². The summed E-state index contributed by atoms with van der Waals surface area (Å²) in [5.74, 6) is 2.85. The lowest BCUT2D eigenvalue weighted by Gasteiger charge is -1.96. The van der Waals surface area contributed by atoms with Gasteiger partial charge in [-0.15, -0.1) is 0 Å². The van der Waals surface area contributed by atoms with E-state index < -0.39 is 0 Å². The first-order valence-corrected chi connectivity index (χ1v) is 3.56. The lowest BCUT2D eigenvalue weighted by atomic mass is 10.2. The van der Waals surface area contributed by atoms with Crippen LogP contribution in [0.15, 0.2) is 15.7 Å². The van der Waals surface area contributed by atoms with Gasteiger partial charge in [-0.3, -0.25) is 5.41 Å². The number of aliphatic imine (C=N–C) groups is 2. The third kappa shape index (κ3) is 1.31. The van der Waals surface area contributed by atoms with Crippen LogP contribution in [0.2, 0.25) is 0 Å². The van der Waals surface area contributed by atoms with Gasteiger partial charge in [0, 0.05) is 11.8 Å². The molecule has 1 aliphatic rings. The molecule has 0 aromatic rings. The van der Waals surface area contributed by atoms with Crippen LogP contribution in [-0.4, -0.2) is 17.4 Å². The number of hydrogen-bond donors (Lipinski definition) is 1. The molecule has 0 fully saturated rings. The van der Waals surface area contributed by atoms with Gasteiger partial charge in [0.15, 0.2) is 11.4 Å². The second-order valence-corrected chi connectivity index (χ2v) is 2.67. The molecule has 1 heterocycles. The number of hydrogen-bond acceptors (Lipinski definition) is 4. The Morgan fingerprint density at radius 1 is 1.42 bits per heavy atom. The molecule has 60 valence electrons. The van der Waals surface area contributed by atoms with Crippen LogP contribution in [0.5, 0.6) is 0 Å². The van der Waals surface area contributed by atoms with E-state index >= 15 is 0 Å². The molecule has 0 unspecified atom stereocenters. The molecule has 0 spiro atoms. The monoisotopic (exact) mass is 160 g/mol. The molecule has 0 bridgehead atoms. The molecule has 4 heteroatoms. The van der Waals surface area contributed by atoms with Crippen molar-refractivity contribution in [2.75, 3.05) is 0 Å². The summed E-state index contributed by atoms with van der Waals surface area (Å²) >= 11 is 0. The van der Waals surface area contributed by atoms with Crippen molar-refractivity contribution in [1.82, 2.24) is 0 Å². The Morgan fingerprint density at radius 2 is 2.08 bits per heavy atom. The number of rotatable bonds is 1. The maximum absolute atomic E-state index is 8.57. The fourth-order valence-electron chi connectivity index (χ4n) is 0.783. The van der Waals surface area contributed by atoms with E-state index in [2.05, 4.69) is 15.9 Å². The molecule has 1 rings (SSSR count). The van der Waals surface area contributed by atoms with Gasteiger partial charge in [0.2, 0.25) is 0 Å². The zero-order valence-electron chi connectivity index (χ0n) is 6.92. The largest absolute Gasteiger partial charge is 0.257 e. The van der Waals surface area contributed by atoms with Gasteiger partial charge >= 0.3 is 0 Å². The average molecular weight is 160 g/mol. The highest BCUT2D eigenvalue weighted by Crippen LogP contribution is 2.12. The molecule has 0 aromatic carbocycles. The van der Waals surface area contributed by atoms with Crippen molar-refractivity contribution in [1.29, 1.82) is 10.7 Å². The third-order valence-electron chi connectivity index (χ3n) is 1.42. The second kappa shape index (κ2) is 3.12. The number of nitriles is 1. The minimum absolute atomic E-state index is 0.180. The van der Waals surface area contributed by atoms with Gasteiger partial charge in [-0.05, 0) is 0 Å². The van der Waals surface area contributed by atoms with Crippen LogP contribution in [0.25, 0.3) is 0 Å². The maximum Gasteiger partial charge on any atom is 0.177 e. The Morgan fingerprint density at radius 3 is 2.42 bits per heavy atom. The van der Waals surface area contributed by atoms with Gasteiger partial charge < -0.3 is 0 Å². The summed E-state index contributed by atoms with van der Waals surface area (Å²) in [6.07, 6.45) is 0. The van der Waals surface area contributed by atoms with Gasteiger partial charge in [-0.1, -0.05) is 13.8 Å². The van der Waals surface area contributed by atoms with Crippen molar-refractivity contribution in [3.8, 4) is 6.07 Å². The van der Waals surface area contributed by atoms with Crippen LogP contribution in [0.1, 0.15) is 13.8 Å². The summed E-state index contributed by atoms with van der Waals surface area (Å²) in [6.45, 7) is 3.87. The zero-order chi connectivity index (χ0) is 9.14. The molecular weight excluding hydrogens is 152 g/mol. The average Bonchev–Trinajstić information content (AvgIpc) is 2.46. The smallest absolute Gasteiger partial charge is 0.177 e. The quantitative estimate of drug-likeness (QED) is 0.574. The topological polar surface area (TPSA) is 72.4 Å². The summed E-state index contributed by atoms with van der Waals surface area (Å²) in [5, 5.41) is 15.4. The molecule has 1 aliphatic heterocycles. The fourth-order valence-corrected chi connectivity index (χ4v) is 0.783. The van der Waals surface area contributed by atoms with Crippen molar-refractivity contribution in [3.63, 3.8) is 0 Å². The predicted octanol–water partition coefficient (Wildman–Crippen LogP) is 1.15. The van der Waals surface area contributed by atoms with E-state index in [4.69, 9.17) is 10.7 Å². The normalized spacial score (nSPS) is 15.3. The first-order valence-electron chi connectivity index (χ1n) is 3.56. The second-order valence-electron chi connectivity index (χ2n) is 2.67. The molecule has 0 aromatic heterocycles. The van der Waals surface area contributed by atoms with Crippen LogP contribution < -0.4 is 0 Å². The predicted molar refractivity (Wildman–Crippen MR) is 46.6 cm³/mol. The standard InChI is InChI=1S/C8H8N4/c1-5(2)8-11-6(3-9)7(4-10)12-8/h5,9H,1-2H3. The highest BCUT2D eigenvalue weighted by molar-refractivity contribution is 6.24. The van der Waals surface area contributed by atoms with Crippen LogP contribution in [0.3, 0.4) is 0 Å². The van der Waals surface area contributed by atoms with E-state index in [0.29, 0.717) is 5.84 Å². The Bertz CT molecular complexity index is 348. The van der Waals surface area contributed by atoms with Crippen molar-refractivity contribution in [2.24, 2.45) is 15.9 Å². The molecule has 0 atom stereocenters. The first kappa shape index (κ1) is 8.38. The number of amidine groups is 1. The first-order chi connectivity index (χ1) is 5.69. The van der Waals surface area contributed by atoms with Crippen molar-refractivity contribution in [2.45, 2.75) is 13.8 Å². The zero-order valence-corrected chi connectivity index (χ0v) is 6.92. The molecular formula is C8H8N4. The lowest BCUT2D eigenvalue weighted by molar-refractivity contribution is 0.876. The van der Waals surface area contributed by atoms with Gasteiger partial charge in [-0.2, -0.15) is 5.26 Å². The van der Waals surface area contributed by atoms with E-state index in [1.54, 1.807) is 0 Å². The molecule has 12 heavy (non-hydrogen) atoms. The number of allylic oxidation sites excluding steroid dienone is 1. The van der Waals surface area contributed by atoms with E-state index in [9.17, 15) is 0 Å². The van der Waals surface area contributed by atoms with Crippen molar-refractivity contribution < 1.29 is 0 Å². The molecule has 0 radical (unpaired) electrons. The minimum atomic E-state index is 0.180. The van der Waals surface area contributed by atoms with Gasteiger partial charge in [0.1, 0.15) is 11.9 Å². The maximum atomic E-state index is 8.57. The minimum Gasteiger partial charge on any atom is -0.257 e. The summed E-state index contributed by atoms with van der Waals surface area (Å²) in [6, 6.07) is 1.87. The fraction of sp³-hybridized carbons (Fsp3) is 0.375. The molecule has 4 nitrogen and oxygen atoms in total. The molecule has 0 amide bonds. The van der Waals surface area contributed by atoms with Crippen LogP contribution in [0.4, 0.5) is 0 Å². The summed E-state index contributed by atoms with van der Waals surface area (Å²) in [5.41, 5.74) is 0.426. The lowest BCUT2D eigenvalue weighted by Crippen LogP contribution is -2.00. The summed E-state index contributed by atoms with van der Waals surface area (Å²) < 4.78 is 0. The van der Waals surface area contributed by atoms with Gasteiger partial charge in [-0.25, -0.2) is 9.98 Å². The van der Waals surface area contributed by atoms with Crippen molar-refractivity contribution >= 4 is 17.4 Å². The molecule has 0 aliphatic carbocycles. The number of nitrogens with one attached hydrogen (secondary N) is 1. The van der Waals surface area contributed by atoms with E-state index in [1.807, 2.05) is 19.9 Å². The molecule has 0 saturated carbocycles. The third-order valence-corrected chi connectivity index (χ3v) is 1.42. The van der Waals surface area contributed by atoms with Gasteiger partial charge in [0.25, 0.3) is 0 Å². The van der Waals surface area contributed by atoms with Crippen LogP contribution >= 0.6 is 0 Å². The Labute approximate surface area is 70.5 Å². The number of nitrogens with zero attached hydrogens (tertiary/aromatic N) is 3.